The van der Waals surface area contributed by atoms with Crippen molar-refractivity contribution in [2.75, 3.05) is 26.3 Å². The molecule has 2 aliphatic heterocycles. The van der Waals surface area contributed by atoms with Crippen LogP contribution < -0.4 is 14.8 Å². The molecular formula is C27H34N2O4. The van der Waals surface area contributed by atoms with E-state index in [1.54, 1.807) is 0 Å². The van der Waals surface area contributed by atoms with Crippen LogP contribution in [0, 0.1) is 5.92 Å². The van der Waals surface area contributed by atoms with E-state index in [0.29, 0.717) is 55.7 Å². The zero-order chi connectivity index (χ0) is 23.5. The Labute approximate surface area is 196 Å². The molecular weight excluding hydrogens is 416 g/mol. The predicted molar refractivity (Wildman–Crippen MR) is 128 cm³/mol. The predicted octanol–water partition coefficient (Wildman–Crippen LogP) is 4.48. The highest BCUT2D eigenvalue weighted by molar-refractivity contribution is 6.01. The van der Waals surface area contributed by atoms with E-state index >= 15 is 0 Å². The molecule has 2 aromatic carbocycles. The average Bonchev–Trinajstić information content (AvgIpc) is 2.80. The Kier molecular flexibility index (Phi) is 6.91. The number of hydrogen-bond donors (Lipinski definition) is 1. The normalized spacial score (nSPS) is 18.9. The zero-order valence-corrected chi connectivity index (χ0v) is 20.0. The molecule has 33 heavy (non-hydrogen) atoms. The van der Waals surface area contributed by atoms with Crippen LogP contribution in [0.5, 0.6) is 11.5 Å². The Balaban J connectivity index is 1.81. The maximum Gasteiger partial charge on any atom is 0.254 e. The van der Waals surface area contributed by atoms with Gasteiger partial charge in [-0.15, -0.1) is 0 Å². The van der Waals surface area contributed by atoms with E-state index in [4.69, 9.17) is 9.47 Å². The number of nitrogens with one attached hydrogen (secondary N) is 1. The van der Waals surface area contributed by atoms with E-state index in [9.17, 15) is 9.59 Å². The number of benzene rings is 2. The van der Waals surface area contributed by atoms with Gasteiger partial charge >= 0.3 is 0 Å². The average molecular weight is 451 g/mol. The Morgan fingerprint density at radius 2 is 1.79 bits per heavy atom. The summed E-state index contributed by atoms with van der Waals surface area (Å²) in [6.07, 6.45) is 1.63. The van der Waals surface area contributed by atoms with E-state index in [1.807, 2.05) is 55.1 Å². The lowest BCUT2D eigenvalue weighted by Gasteiger charge is -2.45. The van der Waals surface area contributed by atoms with Gasteiger partial charge in [-0.05, 0) is 67.5 Å². The third-order valence-electron chi connectivity index (χ3n) is 6.49. The first-order chi connectivity index (χ1) is 16.0. The second kappa shape index (κ2) is 9.86. The number of carbonyl (C=O) groups is 2. The van der Waals surface area contributed by atoms with Crippen molar-refractivity contribution in [1.29, 1.82) is 0 Å². The summed E-state index contributed by atoms with van der Waals surface area (Å²) in [5.41, 5.74) is 3.50. The number of ether oxygens (including phenoxy) is 2. The highest BCUT2D eigenvalue weighted by Gasteiger charge is 2.46. The van der Waals surface area contributed by atoms with Crippen molar-refractivity contribution in [3.8, 4) is 11.5 Å². The van der Waals surface area contributed by atoms with E-state index in [1.165, 1.54) is 0 Å². The van der Waals surface area contributed by atoms with E-state index in [-0.39, 0.29) is 17.9 Å². The molecule has 0 saturated heterocycles. The number of hydrogen-bond acceptors (Lipinski definition) is 4. The van der Waals surface area contributed by atoms with Crippen LogP contribution in [-0.4, -0.2) is 43.0 Å². The molecule has 2 unspecified atom stereocenters. The quantitative estimate of drug-likeness (QED) is 0.644. The molecule has 0 aromatic heterocycles. The Morgan fingerprint density at radius 3 is 2.48 bits per heavy atom. The minimum atomic E-state index is -0.475. The summed E-state index contributed by atoms with van der Waals surface area (Å²) in [6, 6.07) is 11.2. The Bertz CT molecular complexity index is 1030. The maximum absolute atomic E-state index is 13.6. The van der Waals surface area contributed by atoms with Crippen LogP contribution in [0.25, 0.3) is 0 Å². The fourth-order valence-electron chi connectivity index (χ4n) is 4.95. The van der Waals surface area contributed by atoms with Crippen LogP contribution in [0.2, 0.25) is 0 Å². The van der Waals surface area contributed by atoms with Crippen LogP contribution >= 0.6 is 0 Å². The molecule has 0 bridgehead atoms. The first kappa shape index (κ1) is 23.1. The fraction of sp³-hybridized carbons (Fsp3) is 0.481. The van der Waals surface area contributed by atoms with Gasteiger partial charge in [0.05, 0.1) is 25.2 Å². The van der Waals surface area contributed by atoms with Gasteiger partial charge in [0.25, 0.3) is 5.91 Å². The third-order valence-corrected chi connectivity index (χ3v) is 6.49. The van der Waals surface area contributed by atoms with Crippen LogP contribution in [-0.2, 0) is 11.2 Å². The lowest BCUT2D eigenvalue weighted by Crippen LogP contribution is -2.50. The molecule has 2 atom stereocenters. The molecule has 2 amide bonds. The zero-order valence-electron chi connectivity index (χ0n) is 20.0. The van der Waals surface area contributed by atoms with Crippen molar-refractivity contribution in [3.05, 3.63) is 58.7 Å². The van der Waals surface area contributed by atoms with Gasteiger partial charge in [-0.1, -0.05) is 32.0 Å². The number of fused-ring (bicyclic) bond motifs is 4. The standard InChI is InChI=1S/C27H34N2O4/c1-5-32-22-15-18-12-14-29-25(21(18)16-23(22)33-6-2)24(26(30)28-13-11-17(3)4)19-9-7-8-10-20(19)27(29)31/h7-10,15-17,24-25H,5-6,11-14H2,1-4H3,(H,28,30). The van der Waals surface area contributed by atoms with Gasteiger partial charge in [0.15, 0.2) is 11.5 Å². The molecule has 0 radical (unpaired) electrons. The van der Waals surface area contributed by atoms with E-state index in [2.05, 4.69) is 19.2 Å². The van der Waals surface area contributed by atoms with Crippen LogP contribution in [0.4, 0.5) is 0 Å². The first-order valence-corrected chi connectivity index (χ1v) is 12.1. The monoisotopic (exact) mass is 450 g/mol. The smallest absolute Gasteiger partial charge is 0.254 e. The van der Waals surface area contributed by atoms with Crippen molar-refractivity contribution >= 4 is 11.8 Å². The SMILES string of the molecule is CCOc1cc2c(cc1OCC)C1C(C(=O)NCCC(C)C)c3ccccc3C(=O)N1CC2. The molecule has 4 rings (SSSR count). The molecule has 0 saturated carbocycles. The molecule has 2 aromatic rings. The molecule has 2 aliphatic rings. The summed E-state index contributed by atoms with van der Waals surface area (Å²) in [7, 11) is 0. The summed E-state index contributed by atoms with van der Waals surface area (Å²) in [4.78, 5) is 28.9. The molecule has 0 aliphatic carbocycles. The Hall–Kier alpha value is -3.02. The van der Waals surface area contributed by atoms with Crippen molar-refractivity contribution in [2.24, 2.45) is 5.92 Å². The minimum Gasteiger partial charge on any atom is -0.490 e. The lowest BCUT2D eigenvalue weighted by atomic mass is 9.75. The third kappa shape index (κ3) is 4.43. The summed E-state index contributed by atoms with van der Waals surface area (Å²) < 4.78 is 11.7. The number of carbonyl (C=O) groups excluding carboxylic acids is 2. The number of nitrogens with zero attached hydrogens (tertiary/aromatic N) is 1. The van der Waals surface area contributed by atoms with Crippen LogP contribution in [0.1, 0.15) is 73.1 Å². The highest BCUT2D eigenvalue weighted by Crippen LogP contribution is 2.48. The maximum atomic E-state index is 13.6. The summed E-state index contributed by atoms with van der Waals surface area (Å²) in [6.45, 7) is 10.4. The van der Waals surface area contributed by atoms with Gasteiger partial charge in [-0.25, -0.2) is 0 Å². The summed E-state index contributed by atoms with van der Waals surface area (Å²) in [5, 5.41) is 3.14. The first-order valence-electron chi connectivity index (χ1n) is 12.1. The van der Waals surface area contributed by atoms with E-state index < -0.39 is 5.92 Å². The number of amides is 2. The van der Waals surface area contributed by atoms with Gasteiger partial charge < -0.3 is 19.7 Å². The van der Waals surface area contributed by atoms with Crippen LogP contribution in [0.3, 0.4) is 0 Å². The minimum absolute atomic E-state index is 0.0145. The van der Waals surface area contributed by atoms with Gasteiger partial charge in [0.1, 0.15) is 0 Å². The van der Waals surface area contributed by atoms with Crippen molar-refractivity contribution in [1.82, 2.24) is 10.2 Å². The van der Waals surface area contributed by atoms with Gasteiger partial charge in [0, 0.05) is 18.7 Å². The second-order valence-electron chi connectivity index (χ2n) is 9.10. The van der Waals surface area contributed by atoms with Gasteiger partial charge in [-0.2, -0.15) is 0 Å². The summed E-state index contributed by atoms with van der Waals surface area (Å²) in [5.74, 6) is 1.35. The molecule has 0 spiro atoms. The van der Waals surface area contributed by atoms with Crippen molar-refractivity contribution < 1.29 is 19.1 Å². The van der Waals surface area contributed by atoms with Crippen molar-refractivity contribution in [2.45, 2.75) is 52.5 Å². The topological polar surface area (TPSA) is 67.9 Å². The van der Waals surface area contributed by atoms with Crippen molar-refractivity contribution in [3.63, 3.8) is 0 Å². The molecule has 2 heterocycles. The molecule has 6 nitrogen and oxygen atoms in total. The van der Waals surface area contributed by atoms with Gasteiger partial charge in [-0.3, -0.25) is 9.59 Å². The Morgan fingerprint density at radius 1 is 1.09 bits per heavy atom. The van der Waals surface area contributed by atoms with Crippen LogP contribution in [0.15, 0.2) is 36.4 Å². The largest absolute Gasteiger partial charge is 0.490 e. The lowest BCUT2D eigenvalue weighted by molar-refractivity contribution is -0.124. The summed E-state index contributed by atoms with van der Waals surface area (Å²) >= 11 is 0. The molecule has 176 valence electrons. The fourth-order valence-corrected chi connectivity index (χ4v) is 4.95. The number of rotatable bonds is 8. The molecule has 0 fully saturated rings. The second-order valence-corrected chi connectivity index (χ2v) is 9.10. The molecule has 1 N–H and O–H groups in total. The highest BCUT2D eigenvalue weighted by atomic mass is 16.5. The molecule has 6 heteroatoms. The van der Waals surface area contributed by atoms with E-state index in [0.717, 1.165) is 23.1 Å². The van der Waals surface area contributed by atoms with Gasteiger partial charge in [0.2, 0.25) is 5.91 Å².